The minimum absolute atomic E-state index is 0.148. The molecule has 23 heavy (non-hydrogen) atoms. The zero-order chi connectivity index (χ0) is 16.7. The van der Waals surface area contributed by atoms with Crippen LogP contribution in [0.25, 0.3) is 0 Å². The number of carboxylic acids is 1. The second kappa shape index (κ2) is 7.74. The monoisotopic (exact) mass is 312 g/mol. The molecular weight excluding hydrogens is 296 g/mol. The molecule has 0 radical (unpaired) electrons. The number of ether oxygens (including phenoxy) is 1. The van der Waals surface area contributed by atoms with Crippen molar-refractivity contribution in [2.24, 2.45) is 5.10 Å². The maximum atomic E-state index is 12.0. The number of anilines is 1. The Morgan fingerprint density at radius 2 is 1.70 bits per heavy atom. The lowest BCUT2D eigenvalue weighted by atomic mass is 10.1. The Labute approximate surface area is 133 Å². The van der Waals surface area contributed by atoms with Crippen LogP contribution in [-0.4, -0.2) is 29.4 Å². The van der Waals surface area contributed by atoms with E-state index in [4.69, 9.17) is 9.84 Å². The lowest BCUT2D eigenvalue weighted by molar-refractivity contribution is -0.134. The second-order valence-electron chi connectivity index (χ2n) is 4.54. The fourth-order valence-corrected chi connectivity index (χ4v) is 1.83. The molecule has 0 saturated heterocycles. The Hall–Kier alpha value is -3.15. The largest absolute Gasteiger partial charge is 0.478 e. The molecule has 0 atom stereocenters. The molecule has 0 aliphatic carbocycles. The zero-order valence-corrected chi connectivity index (χ0v) is 12.5. The number of rotatable bonds is 6. The van der Waals surface area contributed by atoms with Gasteiger partial charge in [0, 0.05) is 5.56 Å². The molecule has 2 N–H and O–H groups in total. The Kier molecular flexibility index (Phi) is 5.46. The molecule has 0 aromatic heterocycles. The molecule has 0 unspecified atom stereocenters. The first-order valence-corrected chi connectivity index (χ1v) is 7.01. The Bertz CT molecular complexity index is 709. The molecule has 0 saturated carbocycles. The van der Waals surface area contributed by atoms with Gasteiger partial charge in [0.05, 0.1) is 17.9 Å². The van der Waals surface area contributed by atoms with Crippen LogP contribution in [0.5, 0.6) is 0 Å². The number of esters is 1. The number of hydrazone groups is 1. The lowest BCUT2D eigenvalue weighted by Gasteiger charge is -2.07. The number of carboxylic acid groups (broad SMARTS) is 1. The van der Waals surface area contributed by atoms with Crippen LogP contribution in [0.2, 0.25) is 0 Å². The summed E-state index contributed by atoms with van der Waals surface area (Å²) in [4.78, 5) is 22.9. The molecule has 118 valence electrons. The highest BCUT2D eigenvalue weighted by molar-refractivity contribution is 6.43. The molecule has 0 aliphatic heterocycles. The van der Waals surface area contributed by atoms with Crippen molar-refractivity contribution in [3.63, 3.8) is 0 Å². The number of nitrogens with zero attached hydrogens (tertiary/aromatic N) is 1. The molecule has 0 spiro atoms. The van der Waals surface area contributed by atoms with Crippen molar-refractivity contribution in [3.05, 3.63) is 65.7 Å². The van der Waals surface area contributed by atoms with Gasteiger partial charge in [0.1, 0.15) is 0 Å². The van der Waals surface area contributed by atoms with Gasteiger partial charge in [-0.1, -0.05) is 30.3 Å². The van der Waals surface area contributed by atoms with Gasteiger partial charge in [0.2, 0.25) is 0 Å². The van der Waals surface area contributed by atoms with Crippen molar-refractivity contribution in [1.29, 1.82) is 0 Å². The van der Waals surface area contributed by atoms with Gasteiger partial charge in [-0.3, -0.25) is 5.43 Å². The molecule has 6 heteroatoms. The topological polar surface area (TPSA) is 88.0 Å². The van der Waals surface area contributed by atoms with E-state index in [2.05, 4.69) is 10.5 Å². The SMILES string of the molecule is CCOC(=O)/C(=N\Nc1ccc(C(=O)O)cc1)c1ccccc1. The average molecular weight is 312 g/mol. The Morgan fingerprint density at radius 3 is 2.26 bits per heavy atom. The quantitative estimate of drug-likeness (QED) is 0.486. The molecule has 0 bridgehead atoms. The third-order valence-corrected chi connectivity index (χ3v) is 2.94. The molecule has 0 fully saturated rings. The van der Waals surface area contributed by atoms with E-state index in [0.29, 0.717) is 11.3 Å². The summed E-state index contributed by atoms with van der Waals surface area (Å²) in [7, 11) is 0. The van der Waals surface area contributed by atoms with Gasteiger partial charge in [-0.15, -0.1) is 0 Å². The van der Waals surface area contributed by atoms with Crippen molar-refractivity contribution < 1.29 is 19.4 Å². The first kappa shape index (κ1) is 16.2. The van der Waals surface area contributed by atoms with Crippen molar-refractivity contribution in [2.45, 2.75) is 6.92 Å². The normalized spacial score (nSPS) is 10.9. The van der Waals surface area contributed by atoms with Crippen LogP contribution < -0.4 is 5.43 Å². The number of carbonyl (C=O) groups excluding carboxylic acids is 1. The smallest absolute Gasteiger partial charge is 0.359 e. The second-order valence-corrected chi connectivity index (χ2v) is 4.54. The van der Waals surface area contributed by atoms with Gasteiger partial charge in [0.15, 0.2) is 5.71 Å². The summed E-state index contributed by atoms with van der Waals surface area (Å²) < 4.78 is 5.01. The fraction of sp³-hybridized carbons (Fsp3) is 0.118. The van der Waals surface area contributed by atoms with E-state index in [-0.39, 0.29) is 17.9 Å². The summed E-state index contributed by atoms with van der Waals surface area (Å²) in [6.45, 7) is 1.97. The van der Waals surface area contributed by atoms with Gasteiger partial charge in [-0.05, 0) is 31.2 Å². The number of nitrogens with one attached hydrogen (secondary N) is 1. The van der Waals surface area contributed by atoms with Crippen LogP contribution >= 0.6 is 0 Å². The molecule has 2 aromatic carbocycles. The van der Waals surface area contributed by atoms with E-state index in [9.17, 15) is 9.59 Å². The molecule has 0 aliphatic rings. The number of hydrogen-bond donors (Lipinski definition) is 2. The Morgan fingerprint density at radius 1 is 1.04 bits per heavy atom. The highest BCUT2D eigenvalue weighted by Crippen LogP contribution is 2.11. The molecule has 0 amide bonds. The van der Waals surface area contributed by atoms with E-state index in [1.165, 1.54) is 12.1 Å². The zero-order valence-electron chi connectivity index (χ0n) is 12.5. The molecular formula is C17H16N2O4. The van der Waals surface area contributed by atoms with E-state index in [1.807, 2.05) is 6.07 Å². The predicted molar refractivity (Wildman–Crippen MR) is 86.6 cm³/mol. The van der Waals surface area contributed by atoms with E-state index >= 15 is 0 Å². The van der Waals surface area contributed by atoms with E-state index < -0.39 is 11.9 Å². The minimum atomic E-state index is -1.00. The number of aromatic carboxylic acids is 1. The summed E-state index contributed by atoms with van der Waals surface area (Å²) in [5.41, 5.74) is 4.25. The average Bonchev–Trinajstić information content (AvgIpc) is 2.57. The summed E-state index contributed by atoms with van der Waals surface area (Å²) in [6, 6.07) is 15.0. The molecule has 2 rings (SSSR count). The summed E-state index contributed by atoms with van der Waals surface area (Å²) in [5, 5.41) is 13.0. The van der Waals surface area contributed by atoms with E-state index in [0.717, 1.165) is 0 Å². The van der Waals surface area contributed by atoms with Crippen LogP contribution in [0.15, 0.2) is 59.7 Å². The first-order chi connectivity index (χ1) is 11.1. The molecule has 2 aromatic rings. The maximum Gasteiger partial charge on any atom is 0.359 e. The predicted octanol–water partition coefficient (Wildman–Crippen LogP) is 2.76. The van der Waals surface area contributed by atoms with Crippen molar-refractivity contribution in [2.75, 3.05) is 12.0 Å². The first-order valence-electron chi connectivity index (χ1n) is 7.01. The van der Waals surface area contributed by atoms with Gasteiger partial charge in [0.25, 0.3) is 0 Å². The van der Waals surface area contributed by atoms with Crippen LogP contribution in [0.4, 0.5) is 5.69 Å². The lowest BCUT2D eigenvalue weighted by Crippen LogP contribution is -2.20. The number of benzene rings is 2. The van der Waals surface area contributed by atoms with Gasteiger partial charge in [-0.25, -0.2) is 9.59 Å². The van der Waals surface area contributed by atoms with Crippen molar-refractivity contribution >= 4 is 23.3 Å². The summed E-state index contributed by atoms with van der Waals surface area (Å²) >= 11 is 0. The van der Waals surface area contributed by atoms with Gasteiger partial charge in [-0.2, -0.15) is 5.10 Å². The fourth-order valence-electron chi connectivity index (χ4n) is 1.83. The standard InChI is InChI=1S/C17H16N2O4/c1-2-23-17(22)15(12-6-4-3-5-7-12)19-18-14-10-8-13(9-11-14)16(20)21/h3-11,18H,2H2,1H3,(H,20,21)/b19-15-. The van der Waals surface area contributed by atoms with Gasteiger partial charge < -0.3 is 9.84 Å². The van der Waals surface area contributed by atoms with Gasteiger partial charge >= 0.3 is 11.9 Å². The van der Waals surface area contributed by atoms with Crippen molar-refractivity contribution in [1.82, 2.24) is 0 Å². The molecule has 6 nitrogen and oxygen atoms in total. The Balaban J connectivity index is 2.23. The third-order valence-electron chi connectivity index (χ3n) is 2.94. The summed E-state index contributed by atoms with van der Waals surface area (Å²) in [5.74, 6) is -1.54. The highest BCUT2D eigenvalue weighted by atomic mass is 16.5. The highest BCUT2D eigenvalue weighted by Gasteiger charge is 2.15. The number of hydrogen-bond acceptors (Lipinski definition) is 5. The van der Waals surface area contributed by atoms with Crippen molar-refractivity contribution in [3.8, 4) is 0 Å². The van der Waals surface area contributed by atoms with Crippen LogP contribution in [0.3, 0.4) is 0 Å². The maximum absolute atomic E-state index is 12.0. The van der Waals surface area contributed by atoms with E-state index in [1.54, 1.807) is 43.3 Å². The summed E-state index contributed by atoms with van der Waals surface area (Å²) in [6.07, 6.45) is 0. The van der Waals surface area contributed by atoms with Crippen LogP contribution in [-0.2, 0) is 9.53 Å². The van der Waals surface area contributed by atoms with Crippen LogP contribution in [0.1, 0.15) is 22.8 Å². The third kappa shape index (κ3) is 4.41. The molecule has 0 heterocycles. The van der Waals surface area contributed by atoms with Crippen LogP contribution in [0, 0.1) is 0 Å². The minimum Gasteiger partial charge on any atom is -0.478 e. The number of carbonyl (C=O) groups is 2.